The second-order valence-electron chi connectivity index (χ2n) is 3.50. The topological polar surface area (TPSA) is 31.2 Å². The van der Waals surface area contributed by atoms with Crippen molar-refractivity contribution in [3.8, 4) is 0 Å². The summed E-state index contributed by atoms with van der Waals surface area (Å²) in [6, 6.07) is 0. The molecule has 1 aliphatic carbocycles. The summed E-state index contributed by atoms with van der Waals surface area (Å²) in [4.78, 5) is 11.4. The van der Waals surface area contributed by atoms with Crippen molar-refractivity contribution in [1.29, 1.82) is 0 Å². The zero-order chi connectivity index (χ0) is 8.81. The molecule has 0 heterocycles. The number of carbonyl (C=O) groups excluding carboxylic acids is 1. The lowest BCUT2D eigenvalue weighted by molar-refractivity contribution is -0.125. The van der Waals surface area contributed by atoms with Crippen LogP contribution in [0.3, 0.4) is 0 Å². The standard InChI is InChI=1S/C10H18NO/c1-2-11-10(12)9-7-5-3-4-6-8-9/h9H,2-8H2,1H3. The molecule has 0 aromatic carbocycles. The fourth-order valence-electron chi connectivity index (χ4n) is 1.81. The van der Waals surface area contributed by atoms with Gasteiger partial charge in [0.15, 0.2) is 0 Å². The molecule has 1 aliphatic rings. The van der Waals surface area contributed by atoms with Crippen LogP contribution < -0.4 is 5.32 Å². The highest BCUT2D eigenvalue weighted by molar-refractivity contribution is 5.78. The molecule has 69 valence electrons. The van der Waals surface area contributed by atoms with E-state index in [-0.39, 0.29) is 11.8 Å². The van der Waals surface area contributed by atoms with Gasteiger partial charge in [-0.25, -0.2) is 0 Å². The average Bonchev–Trinajstić information content (AvgIpc) is 2.32. The fraction of sp³-hybridized carbons (Fsp3) is 0.900. The Kier molecular flexibility index (Phi) is 4.12. The van der Waals surface area contributed by atoms with Gasteiger partial charge in [-0.3, -0.25) is 10.1 Å². The number of rotatable bonds is 2. The lowest BCUT2D eigenvalue weighted by Crippen LogP contribution is -2.24. The van der Waals surface area contributed by atoms with Gasteiger partial charge in [0.05, 0.1) is 0 Å². The van der Waals surface area contributed by atoms with E-state index in [4.69, 9.17) is 0 Å². The molecule has 0 aromatic rings. The zero-order valence-electron chi connectivity index (χ0n) is 7.88. The second-order valence-corrected chi connectivity index (χ2v) is 3.50. The summed E-state index contributed by atoms with van der Waals surface area (Å²) in [5.74, 6) is 0.409. The van der Waals surface area contributed by atoms with Crippen molar-refractivity contribution >= 4 is 5.91 Å². The normalized spacial score (nSPS) is 20.1. The maximum atomic E-state index is 11.4. The molecule has 0 atom stereocenters. The molecule has 2 nitrogen and oxygen atoms in total. The number of hydrogen-bond donors (Lipinski definition) is 0. The summed E-state index contributed by atoms with van der Waals surface area (Å²) in [7, 11) is 0. The van der Waals surface area contributed by atoms with Crippen molar-refractivity contribution in [2.75, 3.05) is 6.54 Å². The Morgan fingerprint density at radius 3 is 2.33 bits per heavy atom. The first-order valence-electron chi connectivity index (χ1n) is 5.06. The van der Waals surface area contributed by atoms with Crippen LogP contribution in [-0.4, -0.2) is 12.5 Å². The van der Waals surface area contributed by atoms with Crippen LogP contribution in [0.25, 0.3) is 0 Å². The Hall–Kier alpha value is -0.530. The predicted octanol–water partition coefficient (Wildman–Crippen LogP) is 2.11. The van der Waals surface area contributed by atoms with E-state index in [0.717, 1.165) is 12.8 Å². The Morgan fingerprint density at radius 2 is 1.83 bits per heavy atom. The third-order valence-corrected chi connectivity index (χ3v) is 2.52. The minimum Gasteiger partial charge on any atom is -0.273 e. The zero-order valence-corrected chi connectivity index (χ0v) is 7.88. The fourth-order valence-corrected chi connectivity index (χ4v) is 1.81. The molecule has 1 fully saturated rings. The minimum absolute atomic E-state index is 0.152. The van der Waals surface area contributed by atoms with Gasteiger partial charge in [0.1, 0.15) is 0 Å². The monoisotopic (exact) mass is 168 g/mol. The van der Waals surface area contributed by atoms with E-state index in [2.05, 4.69) is 5.32 Å². The highest BCUT2D eigenvalue weighted by Gasteiger charge is 2.19. The van der Waals surface area contributed by atoms with Crippen LogP contribution in [0.1, 0.15) is 45.4 Å². The number of amides is 1. The Balaban J connectivity index is 2.32. The van der Waals surface area contributed by atoms with Gasteiger partial charge in [-0.05, 0) is 19.8 Å². The summed E-state index contributed by atoms with van der Waals surface area (Å²) in [5.41, 5.74) is 0. The SMILES string of the molecule is CC[N]C(=O)C1CCCCCC1. The van der Waals surface area contributed by atoms with E-state index in [1.165, 1.54) is 25.7 Å². The van der Waals surface area contributed by atoms with Crippen molar-refractivity contribution in [3.63, 3.8) is 0 Å². The summed E-state index contributed by atoms with van der Waals surface area (Å²) >= 11 is 0. The van der Waals surface area contributed by atoms with Crippen molar-refractivity contribution in [1.82, 2.24) is 5.32 Å². The van der Waals surface area contributed by atoms with Gasteiger partial charge in [0, 0.05) is 12.5 Å². The maximum absolute atomic E-state index is 11.4. The first-order chi connectivity index (χ1) is 5.84. The highest BCUT2D eigenvalue weighted by atomic mass is 16.1. The van der Waals surface area contributed by atoms with Gasteiger partial charge in [0.2, 0.25) is 5.91 Å². The van der Waals surface area contributed by atoms with Crippen LogP contribution in [0.15, 0.2) is 0 Å². The molecule has 1 amide bonds. The van der Waals surface area contributed by atoms with Gasteiger partial charge in [-0.1, -0.05) is 25.7 Å². The van der Waals surface area contributed by atoms with E-state index in [1.807, 2.05) is 6.92 Å². The lowest BCUT2D eigenvalue weighted by Gasteiger charge is -2.10. The molecule has 2 heteroatoms. The van der Waals surface area contributed by atoms with E-state index in [1.54, 1.807) is 0 Å². The molecule has 0 aromatic heterocycles. The van der Waals surface area contributed by atoms with Crippen LogP contribution in [-0.2, 0) is 4.79 Å². The van der Waals surface area contributed by atoms with Crippen molar-refractivity contribution in [2.24, 2.45) is 5.92 Å². The molecule has 0 spiro atoms. The van der Waals surface area contributed by atoms with E-state index in [9.17, 15) is 4.79 Å². The molecule has 12 heavy (non-hydrogen) atoms. The third-order valence-electron chi connectivity index (χ3n) is 2.52. The number of carbonyl (C=O) groups is 1. The van der Waals surface area contributed by atoms with Crippen LogP contribution in [0.5, 0.6) is 0 Å². The summed E-state index contributed by atoms with van der Waals surface area (Å²) in [6.45, 7) is 2.57. The molecule has 0 aliphatic heterocycles. The first-order valence-corrected chi connectivity index (χ1v) is 5.06. The van der Waals surface area contributed by atoms with Crippen LogP contribution in [0.2, 0.25) is 0 Å². The molecular weight excluding hydrogens is 150 g/mol. The van der Waals surface area contributed by atoms with Crippen LogP contribution in [0, 0.1) is 5.92 Å². The predicted molar refractivity (Wildman–Crippen MR) is 48.9 cm³/mol. The Bertz CT molecular complexity index is 137. The molecule has 0 N–H and O–H groups in total. The van der Waals surface area contributed by atoms with Gasteiger partial charge in [-0.2, -0.15) is 0 Å². The second kappa shape index (κ2) is 5.18. The molecule has 1 rings (SSSR count). The Morgan fingerprint density at radius 1 is 1.25 bits per heavy atom. The first kappa shape index (κ1) is 9.56. The number of nitrogens with zero attached hydrogens (tertiary/aromatic N) is 1. The van der Waals surface area contributed by atoms with Crippen LogP contribution in [0.4, 0.5) is 0 Å². The Labute approximate surface area is 74.7 Å². The molecule has 1 radical (unpaired) electrons. The smallest absolute Gasteiger partial charge is 0.244 e. The van der Waals surface area contributed by atoms with E-state index < -0.39 is 0 Å². The van der Waals surface area contributed by atoms with Gasteiger partial charge in [0.25, 0.3) is 0 Å². The van der Waals surface area contributed by atoms with Crippen LogP contribution >= 0.6 is 0 Å². The largest absolute Gasteiger partial charge is 0.273 e. The summed E-state index contributed by atoms with van der Waals surface area (Å²) in [6.07, 6.45) is 7.18. The number of hydrogen-bond acceptors (Lipinski definition) is 1. The molecular formula is C10H18NO. The lowest BCUT2D eigenvalue weighted by atomic mass is 10.00. The van der Waals surface area contributed by atoms with Crippen molar-refractivity contribution in [3.05, 3.63) is 0 Å². The quantitative estimate of drug-likeness (QED) is 0.581. The molecule has 1 saturated carbocycles. The highest BCUT2D eigenvalue weighted by Crippen LogP contribution is 2.22. The average molecular weight is 168 g/mol. The van der Waals surface area contributed by atoms with E-state index >= 15 is 0 Å². The molecule has 0 saturated heterocycles. The third kappa shape index (κ3) is 2.84. The van der Waals surface area contributed by atoms with Gasteiger partial charge < -0.3 is 0 Å². The van der Waals surface area contributed by atoms with E-state index in [0.29, 0.717) is 6.54 Å². The van der Waals surface area contributed by atoms with Gasteiger partial charge >= 0.3 is 0 Å². The molecule has 0 bridgehead atoms. The molecule has 0 unspecified atom stereocenters. The van der Waals surface area contributed by atoms with Crippen molar-refractivity contribution < 1.29 is 4.79 Å². The minimum atomic E-state index is 0.152. The van der Waals surface area contributed by atoms with Gasteiger partial charge in [-0.15, -0.1) is 0 Å². The summed E-state index contributed by atoms with van der Waals surface area (Å²) in [5, 5.41) is 3.95. The van der Waals surface area contributed by atoms with Crippen molar-refractivity contribution in [2.45, 2.75) is 45.4 Å². The summed E-state index contributed by atoms with van der Waals surface area (Å²) < 4.78 is 0. The maximum Gasteiger partial charge on any atom is 0.244 e.